The predicted molar refractivity (Wildman–Crippen MR) is 73.5 cm³/mol. The number of benzene rings is 1. The Balaban J connectivity index is 1.68. The highest BCUT2D eigenvalue weighted by atomic mass is 15.2. The van der Waals surface area contributed by atoms with Crippen molar-refractivity contribution < 1.29 is 0 Å². The van der Waals surface area contributed by atoms with Crippen LogP contribution in [0.3, 0.4) is 0 Å². The van der Waals surface area contributed by atoms with Crippen LogP contribution < -0.4 is 5.32 Å². The van der Waals surface area contributed by atoms with Crippen molar-refractivity contribution in [2.45, 2.75) is 12.5 Å². The number of hydrogen-bond donors (Lipinski definition) is 2. The molecule has 1 aliphatic heterocycles. The minimum absolute atomic E-state index is 0.577. The molecule has 1 aromatic carbocycles. The average Bonchev–Trinajstić information content (AvgIpc) is 3.02. The molecular formula is C14H18N4. The van der Waals surface area contributed by atoms with E-state index in [9.17, 15) is 0 Å². The minimum Gasteiger partial charge on any atom is -0.381 e. The van der Waals surface area contributed by atoms with Gasteiger partial charge in [-0.25, -0.2) is 4.98 Å². The van der Waals surface area contributed by atoms with Crippen LogP contribution in [0.2, 0.25) is 0 Å². The molecule has 0 radical (unpaired) electrons. The van der Waals surface area contributed by atoms with E-state index < -0.39 is 0 Å². The first-order valence-electron chi connectivity index (χ1n) is 6.35. The molecule has 2 heterocycles. The Morgan fingerprint density at radius 1 is 1.33 bits per heavy atom. The van der Waals surface area contributed by atoms with Crippen molar-refractivity contribution in [3.05, 3.63) is 36.8 Å². The van der Waals surface area contributed by atoms with Gasteiger partial charge >= 0.3 is 0 Å². The first-order chi connectivity index (χ1) is 8.81. The molecular weight excluding hydrogens is 224 g/mol. The van der Waals surface area contributed by atoms with Crippen LogP contribution in [0.4, 0.5) is 5.69 Å². The maximum Gasteiger partial charge on any atom is 0.0924 e. The number of anilines is 1. The summed E-state index contributed by atoms with van der Waals surface area (Å²) in [4.78, 5) is 9.51. The zero-order valence-electron chi connectivity index (χ0n) is 10.6. The second-order valence-corrected chi connectivity index (χ2v) is 4.93. The monoisotopic (exact) mass is 242 g/mol. The Kier molecular flexibility index (Phi) is 3.02. The van der Waals surface area contributed by atoms with Gasteiger partial charge in [-0.1, -0.05) is 12.1 Å². The van der Waals surface area contributed by atoms with E-state index in [0.717, 1.165) is 12.2 Å². The topological polar surface area (TPSA) is 44.0 Å². The molecule has 0 saturated carbocycles. The van der Waals surface area contributed by atoms with Gasteiger partial charge in [-0.3, -0.25) is 0 Å². The van der Waals surface area contributed by atoms with E-state index in [1.807, 2.05) is 6.20 Å². The lowest BCUT2D eigenvalue weighted by Gasteiger charge is -2.14. The van der Waals surface area contributed by atoms with Crippen molar-refractivity contribution in [3.8, 4) is 11.3 Å². The van der Waals surface area contributed by atoms with E-state index in [2.05, 4.69) is 51.5 Å². The SMILES string of the molecule is CN1CCC(Nc2ccc(-c3cnc[nH]3)cc2)C1. The van der Waals surface area contributed by atoms with Gasteiger partial charge in [0.15, 0.2) is 0 Å². The summed E-state index contributed by atoms with van der Waals surface area (Å²) < 4.78 is 0. The number of aromatic amines is 1. The van der Waals surface area contributed by atoms with E-state index in [4.69, 9.17) is 0 Å². The molecule has 1 saturated heterocycles. The molecule has 1 aliphatic rings. The van der Waals surface area contributed by atoms with E-state index in [-0.39, 0.29) is 0 Å². The summed E-state index contributed by atoms with van der Waals surface area (Å²) in [5.41, 5.74) is 3.42. The molecule has 2 N–H and O–H groups in total. The lowest BCUT2D eigenvalue weighted by atomic mass is 10.1. The number of nitrogens with zero attached hydrogens (tertiary/aromatic N) is 2. The molecule has 18 heavy (non-hydrogen) atoms. The van der Waals surface area contributed by atoms with Crippen molar-refractivity contribution in [3.63, 3.8) is 0 Å². The molecule has 4 nitrogen and oxygen atoms in total. The standard InChI is InChI=1S/C14H18N4/c1-18-7-6-13(9-18)17-12-4-2-11(3-5-12)14-8-15-10-16-14/h2-5,8,10,13,17H,6-7,9H2,1H3,(H,15,16). The fourth-order valence-corrected chi connectivity index (χ4v) is 2.45. The Morgan fingerprint density at radius 2 is 2.17 bits per heavy atom. The van der Waals surface area contributed by atoms with Crippen molar-refractivity contribution in [2.75, 3.05) is 25.5 Å². The van der Waals surface area contributed by atoms with Crippen molar-refractivity contribution in [1.29, 1.82) is 0 Å². The maximum atomic E-state index is 4.04. The number of likely N-dealkylation sites (N-methyl/N-ethyl adjacent to an activating group) is 1. The van der Waals surface area contributed by atoms with Crippen molar-refractivity contribution in [1.82, 2.24) is 14.9 Å². The number of nitrogens with one attached hydrogen (secondary N) is 2. The molecule has 0 amide bonds. The number of likely N-dealkylation sites (tertiary alicyclic amines) is 1. The van der Waals surface area contributed by atoms with Gasteiger partial charge in [-0.05, 0) is 37.7 Å². The van der Waals surface area contributed by atoms with Gasteiger partial charge in [-0.2, -0.15) is 0 Å². The van der Waals surface area contributed by atoms with E-state index >= 15 is 0 Å². The predicted octanol–water partition coefficient (Wildman–Crippen LogP) is 2.19. The summed E-state index contributed by atoms with van der Waals surface area (Å²) in [5.74, 6) is 0. The summed E-state index contributed by atoms with van der Waals surface area (Å²) in [6.45, 7) is 2.31. The van der Waals surface area contributed by atoms with E-state index in [0.29, 0.717) is 6.04 Å². The number of aromatic nitrogens is 2. The highest BCUT2D eigenvalue weighted by Gasteiger charge is 2.18. The van der Waals surface area contributed by atoms with Gasteiger partial charge in [0.25, 0.3) is 0 Å². The Bertz CT molecular complexity index is 489. The Labute approximate surface area is 107 Å². The second-order valence-electron chi connectivity index (χ2n) is 4.93. The van der Waals surface area contributed by atoms with Crippen LogP contribution >= 0.6 is 0 Å². The number of H-pyrrole nitrogens is 1. The molecule has 0 spiro atoms. The van der Waals surface area contributed by atoms with E-state index in [1.54, 1.807) is 6.33 Å². The molecule has 1 aromatic heterocycles. The van der Waals surface area contributed by atoms with Gasteiger partial charge in [-0.15, -0.1) is 0 Å². The van der Waals surface area contributed by atoms with Crippen LogP contribution in [0.5, 0.6) is 0 Å². The van der Waals surface area contributed by atoms with Crippen LogP contribution in [-0.4, -0.2) is 41.0 Å². The molecule has 1 fully saturated rings. The molecule has 1 atom stereocenters. The summed E-state index contributed by atoms with van der Waals surface area (Å²) >= 11 is 0. The summed E-state index contributed by atoms with van der Waals surface area (Å²) in [7, 11) is 2.17. The zero-order chi connectivity index (χ0) is 12.4. The fourth-order valence-electron chi connectivity index (χ4n) is 2.45. The third-order valence-electron chi connectivity index (χ3n) is 3.46. The molecule has 3 rings (SSSR count). The number of imidazole rings is 1. The smallest absolute Gasteiger partial charge is 0.0924 e. The van der Waals surface area contributed by atoms with Gasteiger partial charge in [0, 0.05) is 18.3 Å². The van der Waals surface area contributed by atoms with Crippen molar-refractivity contribution >= 4 is 5.69 Å². The van der Waals surface area contributed by atoms with Gasteiger partial charge in [0.2, 0.25) is 0 Å². The van der Waals surface area contributed by atoms with Gasteiger partial charge in [0.1, 0.15) is 0 Å². The third-order valence-corrected chi connectivity index (χ3v) is 3.46. The highest BCUT2D eigenvalue weighted by molar-refractivity contribution is 5.62. The van der Waals surface area contributed by atoms with Gasteiger partial charge in [0.05, 0.1) is 18.2 Å². The Morgan fingerprint density at radius 3 is 2.78 bits per heavy atom. The first kappa shape index (κ1) is 11.3. The quantitative estimate of drug-likeness (QED) is 0.867. The van der Waals surface area contributed by atoms with Crippen molar-refractivity contribution in [2.24, 2.45) is 0 Å². The van der Waals surface area contributed by atoms with E-state index in [1.165, 1.54) is 24.2 Å². The lowest BCUT2D eigenvalue weighted by molar-refractivity contribution is 0.414. The summed E-state index contributed by atoms with van der Waals surface area (Å²) in [6.07, 6.45) is 4.77. The minimum atomic E-state index is 0.577. The third kappa shape index (κ3) is 2.38. The van der Waals surface area contributed by atoms with Crippen LogP contribution in [0, 0.1) is 0 Å². The second kappa shape index (κ2) is 4.82. The van der Waals surface area contributed by atoms with Crippen LogP contribution in [-0.2, 0) is 0 Å². The average molecular weight is 242 g/mol. The van der Waals surface area contributed by atoms with Crippen LogP contribution in [0.1, 0.15) is 6.42 Å². The number of hydrogen-bond acceptors (Lipinski definition) is 3. The number of rotatable bonds is 3. The molecule has 94 valence electrons. The molecule has 2 aromatic rings. The summed E-state index contributed by atoms with van der Waals surface area (Å²) in [6, 6.07) is 9.08. The maximum absolute atomic E-state index is 4.04. The largest absolute Gasteiger partial charge is 0.381 e. The summed E-state index contributed by atoms with van der Waals surface area (Å²) in [5, 5.41) is 3.58. The first-order valence-corrected chi connectivity index (χ1v) is 6.35. The molecule has 4 heteroatoms. The van der Waals surface area contributed by atoms with Crippen LogP contribution in [0.15, 0.2) is 36.8 Å². The van der Waals surface area contributed by atoms with Gasteiger partial charge < -0.3 is 15.2 Å². The normalized spacial score (nSPS) is 20.2. The lowest BCUT2D eigenvalue weighted by Crippen LogP contribution is -2.23. The molecule has 0 aliphatic carbocycles. The molecule has 0 bridgehead atoms. The fraction of sp³-hybridized carbons (Fsp3) is 0.357. The highest BCUT2D eigenvalue weighted by Crippen LogP contribution is 2.20. The molecule has 1 unspecified atom stereocenters. The van der Waals surface area contributed by atoms with Crippen LogP contribution in [0.25, 0.3) is 11.3 Å². The Hall–Kier alpha value is -1.81. The zero-order valence-corrected chi connectivity index (χ0v) is 10.6.